The molecule has 0 aromatic heterocycles. The summed E-state index contributed by atoms with van der Waals surface area (Å²) >= 11 is 5.98. The van der Waals surface area contributed by atoms with Gasteiger partial charge in [-0.15, -0.1) is 6.42 Å². The van der Waals surface area contributed by atoms with Gasteiger partial charge in [0.2, 0.25) is 6.79 Å². The van der Waals surface area contributed by atoms with Crippen molar-refractivity contribution in [2.24, 2.45) is 0 Å². The highest BCUT2D eigenvalue weighted by molar-refractivity contribution is 6.33. The average molecular weight is 210 g/mol. The van der Waals surface area contributed by atoms with Gasteiger partial charge >= 0.3 is 0 Å². The Bertz CT molecular complexity index is 398. The summed E-state index contributed by atoms with van der Waals surface area (Å²) in [6.07, 6.45) is 5.13. The Balaban J connectivity index is 2.29. The fraction of sp³-hybridized carbons (Fsp3) is 0.200. The summed E-state index contributed by atoms with van der Waals surface area (Å²) in [7, 11) is 0. The van der Waals surface area contributed by atoms with E-state index in [1.54, 1.807) is 12.1 Å². The minimum absolute atomic E-state index is 0.240. The van der Waals surface area contributed by atoms with Crippen molar-refractivity contribution >= 4 is 17.3 Å². The van der Waals surface area contributed by atoms with Crippen LogP contribution in [0.2, 0.25) is 5.02 Å². The molecule has 0 fully saturated rings. The normalized spacial score (nSPS) is 12.3. The number of ether oxygens (including phenoxy) is 2. The van der Waals surface area contributed by atoms with Crippen LogP contribution >= 0.6 is 11.6 Å². The van der Waals surface area contributed by atoms with Crippen LogP contribution in [-0.4, -0.2) is 13.3 Å². The van der Waals surface area contributed by atoms with Gasteiger partial charge in [-0.05, 0) is 0 Å². The topological polar surface area (TPSA) is 30.5 Å². The molecular weight excluding hydrogens is 202 g/mol. The number of hydrogen-bond donors (Lipinski definition) is 1. The Kier molecular flexibility index (Phi) is 2.38. The minimum atomic E-state index is 0.240. The van der Waals surface area contributed by atoms with Crippen molar-refractivity contribution in [2.75, 3.05) is 18.7 Å². The molecule has 0 atom stereocenters. The maximum absolute atomic E-state index is 5.98. The van der Waals surface area contributed by atoms with E-state index in [9.17, 15) is 0 Å². The van der Waals surface area contributed by atoms with E-state index in [1.807, 2.05) is 0 Å². The quantitative estimate of drug-likeness (QED) is 0.757. The molecule has 1 aromatic carbocycles. The van der Waals surface area contributed by atoms with Crippen molar-refractivity contribution in [3.63, 3.8) is 0 Å². The van der Waals surface area contributed by atoms with E-state index in [0.717, 1.165) is 5.69 Å². The zero-order valence-electron chi connectivity index (χ0n) is 7.34. The molecular formula is C10H8ClNO2. The van der Waals surface area contributed by atoms with Crippen molar-refractivity contribution in [3.8, 4) is 23.8 Å². The first-order valence-electron chi connectivity index (χ1n) is 4.08. The van der Waals surface area contributed by atoms with Gasteiger partial charge in [-0.1, -0.05) is 17.5 Å². The minimum Gasteiger partial charge on any atom is -0.454 e. The zero-order chi connectivity index (χ0) is 9.97. The third kappa shape index (κ3) is 1.57. The van der Waals surface area contributed by atoms with Gasteiger partial charge in [0, 0.05) is 12.1 Å². The molecule has 14 heavy (non-hydrogen) atoms. The molecule has 0 saturated heterocycles. The maximum atomic E-state index is 5.98. The summed E-state index contributed by atoms with van der Waals surface area (Å²) in [6.45, 7) is 0.670. The molecule has 1 N–H and O–H groups in total. The lowest BCUT2D eigenvalue weighted by Gasteiger charge is -2.06. The van der Waals surface area contributed by atoms with Crippen molar-refractivity contribution in [1.29, 1.82) is 0 Å². The van der Waals surface area contributed by atoms with Gasteiger partial charge < -0.3 is 14.8 Å². The Morgan fingerprint density at radius 3 is 2.86 bits per heavy atom. The lowest BCUT2D eigenvalue weighted by Crippen LogP contribution is -1.98. The molecule has 0 unspecified atom stereocenters. The second kappa shape index (κ2) is 3.69. The van der Waals surface area contributed by atoms with E-state index in [2.05, 4.69) is 11.2 Å². The van der Waals surface area contributed by atoms with E-state index in [4.69, 9.17) is 27.5 Å². The van der Waals surface area contributed by atoms with E-state index in [1.165, 1.54) is 0 Å². The van der Waals surface area contributed by atoms with Gasteiger partial charge in [-0.25, -0.2) is 0 Å². The second-order valence-electron chi connectivity index (χ2n) is 2.74. The summed E-state index contributed by atoms with van der Waals surface area (Å²) in [5.41, 5.74) is 0.758. The first kappa shape index (κ1) is 9.04. The predicted molar refractivity (Wildman–Crippen MR) is 54.9 cm³/mol. The molecule has 0 bridgehead atoms. The van der Waals surface area contributed by atoms with E-state index in [-0.39, 0.29) is 6.79 Å². The number of halogens is 1. The van der Waals surface area contributed by atoms with Gasteiger partial charge in [0.1, 0.15) is 0 Å². The van der Waals surface area contributed by atoms with E-state index in [0.29, 0.717) is 23.1 Å². The van der Waals surface area contributed by atoms with Crippen LogP contribution in [0.25, 0.3) is 0 Å². The number of nitrogens with one attached hydrogen (secondary N) is 1. The van der Waals surface area contributed by atoms with Crippen LogP contribution in [0.3, 0.4) is 0 Å². The van der Waals surface area contributed by atoms with Crippen LogP contribution in [-0.2, 0) is 0 Å². The van der Waals surface area contributed by atoms with Gasteiger partial charge in [0.15, 0.2) is 11.5 Å². The number of rotatable bonds is 2. The molecule has 0 radical (unpaired) electrons. The van der Waals surface area contributed by atoms with Gasteiger partial charge in [-0.2, -0.15) is 0 Å². The number of anilines is 1. The predicted octanol–water partition coefficient (Wildman–Crippen LogP) is 2.11. The molecule has 2 rings (SSSR count). The maximum Gasteiger partial charge on any atom is 0.231 e. The summed E-state index contributed by atoms with van der Waals surface area (Å²) in [4.78, 5) is 0. The highest BCUT2D eigenvalue weighted by Crippen LogP contribution is 2.38. The SMILES string of the molecule is C#CCNc1cc2c(cc1Cl)OCO2. The van der Waals surface area contributed by atoms with Gasteiger partial charge in [0.25, 0.3) is 0 Å². The van der Waals surface area contributed by atoms with Gasteiger partial charge in [-0.3, -0.25) is 0 Å². The van der Waals surface area contributed by atoms with Crippen molar-refractivity contribution < 1.29 is 9.47 Å². The van der Waals surface area contributed by atoms with Gasteiger partial charge in [0.05, 0.1) is 17.3 Å². The zero-order valence-corrected chi connectivity index (χ0v) is 8.10. The fourth-order valence-electron chi connectivity index (χ4n) is 1.20. The molecule has 1 aliphatic heterocycles. The molecule has 72 valence electrons. The van der Waals surface area contributed by atoms with Crippen molar-refractivity contribution in [1.82, 2.24) is 0 Å². The number of terminal acetylenes is 1. The van der Waals surface area contributed by atoms with E-state index < -0.39 is 0 Å². The Labute approximate surface area is 87.0 Å². The molecule has 0 spiro atoms. The van der Waals surface area contributed by atoms with Crippen molar-refractivity contribution in [3.05, 3.63) is 17.2 Å². The summed E-state index contributed by atoms with van der Waals surface area (Å²) < 4.78 is 10.4. The fourth-order valence-corrected chi connectivity index (χ4v) is 1.42. The van der Waals surface area contributed by atoms with Crippen LogP contribution < -0.4 is 14.8 Å². The highest BCUT2D eigenvalue weighted by atomic mass is 35.5. The smallest absolute Gasteiger partial charge is 0.231 e. The molecule has 0 amide bonds. The van der Waals surface area contributed by atoms with Crippen LogP contribution in [0.1, 0.15) is 0 Å². The van der Waals surface area contributed by atoms with E-state index >= 15 is 0 Å². The van der Waals surface area contributed by atoms with Crippen LogP contribution in [0.4, 0.5) is 5.69 Å². The van der Waals surface area contributed by atoms with Crippen LogP contribution in [0.5, 0.6) is 11.5 Å². The Hall–Kier alpha value is -1.53. The molecule has 3 nitrogen and oxygen atoms in total. The summed E-state index contributed by atoms with van der Waals surface area (Å²) in [5, 5.41) is 3.56. The molecule has 4 heteroatoms. The molecule has 0 saturated carbocycles. The number of hydrogen-bond acceptors (Lipinski definition) is 3. The van der Waals surface area contributed by atoms with Crippen LogP contribution in [0, 0.1) is 12.3 Å². The third-order valence-corrected chi connectivity index (χ3v) is 2.16. The summed E-state index contributed by atoms with van der Waals surface area (Å²) in [6, 6.07) is 3.49. The molecule has 0 aliphatic carbocycles. The first-order valence-corrected chi connectivity index (χ1v) is 4.45. The van der Waals surface area contributed by atoms with Crippen molar-refractivity contribution in [2.45, 2.75) is 0 Å². The standard InChI is InChI=1S/C10H8ClNO2/c1-2-3-12-8-5-10-9(4-7(8)11)13-6-14-10/h1,4-5,12H,3,6H2. The molecule has 1 aliphatic rings. The molecule has 1 heterocycles. The van der Waals surface area contributed by atoms with Crippen LogP contribution in [0.15, 0.2) is 12.1 Å². The lowest BCUT2D eigenvalue weighted by molar-refractivity contribution is 0.174. The lowest BCUT2D eigenvalue weighted by atomic mass is 10.2. The second-order valence-corrected chi connectivity index (χ2v) is 3.15. The Morgan fingerprint density at radius 2 is 2.14 bits per heavy atom. The first-order chi connectivity index (χ1) is 6.81. The number of fused-ring (bicyclic) bond motifs is 1. The molecule has 1 aromatic rings. The average Bonchev–Trinajstić information content (AvgIpc) is 2.61. The highest BCUT2D eigenvalue weighted by Gasteiger charge is 2.15. The number of benzene rings is 1. The monoisotopic (exact) mass is 209 g/mol. The largest absolute Gasteiger partial charge is 0.454 e. The Morgan fingerprint density at radius 1 is 1.43 bits per heavy atom. The summed E-state index contributed by atoms with van der Waals surface area (Å²) in [5.74, 6) is 3.83. The third-order valence-electron chi connectivity index (χ3n) is 1.84.